The SMILES string of the molecule is CC[C@@H](C(=O)c1ccccc1)[C@H]1[C@H](C(=O)OC)C(=O)OC1(C)C. The van der Waals surface area contributed by atoms with Crippen molar-refractivity contribution in [1.29, 1.82) is 0 Å². The van der Waals surface area contributed by atoms with E-state index in [0.29, 0.717) is 12.0 Å². The maximum absolute atomic E-state index is 12.9. The second-order valence-corrected chi connectivity index (χ2v) is 6.30. The largest absolute Gasteiger partial charge is 0.468 e. The molecule has 23 heavy (non-hydrogen) atoms. The zero-order valence-corrected chi connectivity index (χ0v) is 13.9. The second kappa shape index (κ2) is 6.52. The van der Waals surface area contributed by atoms with E-state index in [1.54, 1.807) is 38.1 Å². The number of rotatable bonds is 5. The van der Waals surface area contributed by atoms with Crippen molar-refractivity contribution in [2.75, 3.05) is 7.11 Å². The molecule has 0 aliphatic carbocycles. The van der Waals surface area contributed by atoms with Crippen LogP contribution >= 0.6 is 0 Å². The van der Waals surface area contributed by atoms with Gasteiger partial charge in [-0.25, -0.2) is 0 Å². The van der Waals surface area contributed by atoms with Crippen molar-refractivity contribution in [1.82, 2.24) is 0 Å². The van der Waals surface area contributed by atoms with Gasteiger partial charge >= 0.3 is 11.9 Å². The van der Waals surface area contributed by atoms with Crippen LogP contribution in [0.2, 0.25) is 0 Å². The second-order valence-electron chi connectivity index (χ2n) is 6.30. The summed E-state index contributed by atoms with van der Waals surface area (Å²) in [6.07, 6.45) is 0.506. The minimum atomic E-state index is -1.06. The predicted molar refractivity (Wildman–Crippen MR) is 83.7 cm³/mol. The lowest BCUT2D eigenvalue weighted by molar-refractivity contribution is -0.156. The van der Waals surface area contributed by atoms with Crippen molar-refractivity contribution < 1.29 is 23.9 Å². The number of carbonyl (C=O) groups is 3. The van der Waals surface area contributed by atoms with Crippen molar-refractivity contribution >= 4 is 17.7 Å². The zero-order chi connectivity index (χ0) is 17.2. The maximum Gasteiger partial charge on any atom is 0.321 e. The summed E-state index contributed by atoms with van der Waals surface area (Å²) in [6.45, 7) is 5.34. The van der Waals surface area contributed by atoms with Crippen molar-refractivity contribution in [3.8, 4) is 0 Å². The van der Waals surface area contributed by atoms with Gasteiger partial charge in [0.1, 0.15) is 5.60 Å². The third kappa shape index (κ3) is 3.14. The van der Waals surface area contributed by atoms with Gasteiger partial charge in [-0.1, -0.05) is 37.3 Å². The minimum absolute atomic E-state index is 0.0848. The fourth-order valence-corrected chi connectivity index (χ4v) is 3.44. The third-order valence-electron chi connectivity index (χ3n) is 4.50. The average molecular weight is 318 g/mol. The Hall–Kier alpha value is -2.17. The molecule has 1 aliphatic heterocycles. The topological polar surface area (TPSA) is 69.7 Å². The quantitative estimate of drug-likeness (QED) is 0.474. The normalized spacial score (nSPS) is 23.9. The molecule has 1 aromatic carbocycles. The standard InChI is InChI=1S/C18H22O5/c1-5-12(15(19)11-9-7-6-8-10-11)14-13(16(20)22-4)17(21)23-18(14,2)3/h6-10,12-14H,5H2,1-4H3/t12-,13-,14+/m1/s1. The number of ether oxygens (including phenoxy) is 2. The molecule has 0 saturated carbocycles. The Balaban J connectivity index is 2.42. The molecule has 0 amide bonds. The van der Waals surface area contributed by atoms with Crippen molar-refractivity contribution in [2.45, 2.75) is 32.8 Å². The fraction of sp³-hybridized carbons (Fsp3) is 0.500. The van der Waals surface area contributed by atoms with Crippen molar-refractivity contribution in [2.24, 2.45) is 17.8 Å². The van der Waals surface area contributed by atoms with E-state index in [1.165, 1.54) is 7.11 Å². The number of hydrogen-bond acceptors (Lipinski definition) is 5. The molecule has 3 atom stereocenters. The van der Waals surface area contributed by atoms with E-state index in [9.17, 15) is 14.4 Å². The summed E-state index contributed by atoms with van der Waals surface area (Å²) < 4.78 is 10.1. The molecule has 2 rings (SSSR count). The van der Waals surface area contributed by atoms with Gasteiger partial charge in [-0.15, -0.1) is 0 Å². The van der Waals surface area contributed by atoms with Gasteiger partial charge < -0.3 is 9.47 Å². The summed E-state index contributed by atoms with van der Waals surface area (Å²) in [6, 6.07) is 8.89. The highest BCUT2D eigenvalue weighted by atomic mass is 16.6. The van der Waals surface area contributed by atoms with Crippen molar-refractivity contribution in [3.05, 3.63) is 35.9 Å². The molecule has 1 fully saturated rings. The van der Waals surface area contributed by atoms with Gasteiger partial charge in [-0.05, 0) is 20.3 Å². The summed E-state index contributed by atoms with van der Waals surface area (Å²) in [7, 11) is 1.23. The molecule has 5 nitrogen and oxygen atoms in total. The molecule has 124 valence electrons. The molecule has 0 bridgehead atoms. The molecule has 1 aliphatic rings. The van der Waals surface area contributed by atoms with Gasteiger partial charge in [0.05, 0.1) is 7.11 Å². The first-order valence-corrected chi connectivity index (χ1v) is 7.73. The molecular weight excluding hydrogens is 296 g/mol. The van der Waals surface area contributed by atoms with Gasteiger partial charge in [0, 0.05) is 17.4 Å². The monoisotopic (exact) mass is 318 g/mol. The van der Waals surface area contributed by atoms with Crippen LogP contribution in [0, 0.1) is 17.8 Å². The summed E-state index contributed by atoms with van der Waals surface area (Å²) >= 11 is 0. The average Bonchev–Trinajstić information content (AvgIpc) is 2.77. The lowest BCUT2D eigenvalue weighted by Gasteiger charge is -2.32. The van der Waals surface area contributed by atoms with Crippen molar-refractivity contribution in [3.63, 3.8) is 0 Å². The molecule has 0 radical (unpaired) electrons. The molecule has 1 aromatic rings. The highest BCUT2D eigenvalue weighted by Crippen LogP contribution is 2.44. The number of benzene rings is 1. The summed E-state index contributed by atoms with van der Waals surface area (Å²) in [5, 5.41) is 0. The molecule has 0 unspecified atom stereocenters. The number of ketones is 1. The van der Waals surface area contributed by atoms with E-state index in [-0.39, 0.29) is 5.78 Å². The Morgan fingerprint density at radius 3 is 2.39 bits per heavy atom. The van der Waals surface area contributed by atoms with Gasteiger partial charge in [0.2, 0.25) is 0 Å². The number of esters is 2. The van der Waals surface area contributed by atoms with E-state index in [2.05, 4.69) is 0 Å². The minimum Gasteiger partial charge on any atom is -0.468 e. The van der Waals surface area contributed by atoms with Crippen LogP contribution in [-0.2, 0) is 19.1 Å². The van der Waals surface area contributed by atoms with Gasteiger partial charge in [0.15, 0.2) is 11.7 Å². The molecule has 5 heteroatoms. The lowest BCUT2D eigenvalue weighted by Crippen LogP contribution is -2.42. The number of cyclic esters (lactones) is 1. The zero-order valence-electron chi connectivity index (χ0n) is 13.9. The molecule has 0 spiro atoms. The number of hydrogen-bond donors (Lipinski definition) is 0. The van der Waals surface area contributed by atoms with E-state index in [4.69, 9.17) is 9.47 Å². The van der Waals surface area contributed by atoms with Crippen LogP contribution in [0.15, 0.2) is 30.3 Å². The number of Topliss-reactive ketones (excluding diaryl/α,β-unsaturated/α-hetero) is 1. The smallest absolute Gasteiger partial charge is 0.321 e. The Morgan fingerprint density at radius 1 is 1.26 bits per heavy atom. The van der Waals surface area contributed by atoms with E-state index >= 15 is 0 Å². The Labute approximate surface area is 136 Å². The highest BCUT2D eigenvalue weighted by molar-refractivity contribution is 6.01. The van der Waals surface area contributed by atoms with Crippen LogP contribution in [0.5, 0.6) is 0 Å². The van der Waals surface area contributed by atoms with Crippen LogP contribution in [0.25, 0.3) is 0 Å². The molecule has 1 heterocycles. The van der Waals surface area contributed by atoms with E-state index in [0.717, 1.165) is 0 Å². The first kappa shape index (κ1) is 17.2. The van der Waals surface area contributed by atoms with Gasteiger partial charge in [-0.3, -0.25) is 14.4 Å². The number of carbonyl (C=O) groups excluding carboxylic acids is 3. The highest BCUT2D eigenvalue weighted by Gasteiger charge is 2.57. The Bertz CT molecular complexity index is 605. The first-order valence-electron chi connectivity index (χ1n) is 7.73. The van der Waals surface area contributed by atoms with Crippen LogP contribution in [-0.4, -0.2) is 30.4 Å². The molecule has 0 aromatic heterocycles. The Kier molecular flexibility index (Phi) is 4.88. The van der Waals surface area contributed by atoms with Crippen LogP contribution in [0.4, 0.5) is 0 Å². The van der Waals surface area contributed by atoms with E-state index < -0.39 is 35.3 Å². The van der Waals surface area contributed by atoms with Gasteiger partial charge in [0.25, 0.3) is 0 Å². The molecular formula is C18H22O5. The maximum atomic E-state index is 12.9. The van der Waals surface area contributed by atoms with Crippen LogP contribution in [0.1, 0.15) is 37.6 Å². The lowest BCUT2D eigenvalue weighted by atomic mass is 9.70. The van der Waals surface area contributed by atoms with Gasteiger partial charge in [-0.2, -0.15) is 0 Å². The molecule has 0 N–H and O–H groups in total. The van der Waals surface area contributed by atoms with Crippen LogP contribution < -0.4 is 0 Å². The predicted octanol–water partition coefficient (Wildman–Crippen LogP) is 2.64. The molecule has 1 saturated heterocycles. The number of methoxy groups -OCH3 is 1. The summed E-state index contributed by atoms with van der Waals surface area (Å²) in [4.78, 5) is 37.1. The van der Waals surface area contributed by atoms with E-state index in [1.807, 2.05) is 13.0 Å². The fourth-order valence-electron chi connectivity index (χ4n) is 3.44. The summed E-state index contributed by atoms with van der Waals surface area (Å²) in [5.74, 6) is -3.47. The Morgan fingerprint density at radius 2 is 1.87 bits per heavy atom. The first-order chi connectivity index (χ1) is 10.8. The third-order valence-corrected chi connectivity index (χ3v) is 4.50. The summed E-state index contributed by atoms with van der Waals surface area (Å²) in [5.41, 5.74) is -0.334. The van der Waals surface area contributed by atoms with Crippen LogP contribution in [0.3, 0.4) is 0 Å².